The van der Waals surface area contributed by atoms with E-state index in [0.29, 0.717) is 11.8 Å². The first-order chi connectivity index (χ1) is 9.00. The van der Waals surface area contributed by atoms with Crippen LogP contribution in [0.1, 0.15) is 38.1 Å². The molecule has 1 heterocycles. The maximum atomic E-state index is 12.6. The Kier molecular flexibility index (Phi) is 4.51. The van der Waals surface area contributed by atoms with Gasteiger partial charge in [-0.1, -0.05) is 44.2 Å². The van der Waals surface area contributed by atoms with Gasteiger partial charge >= 0.3 is 0 Å². The zero-order valence-corrected chi connectivity index (χ0v) is 12.6. The van der Waals surface area contributed by atoms with Crippen molar-refractivity contribution in [3.05, 3.63) is 35.9 Å². The average Bonchev–Trinajstić information content (AvgIpc) is 2.42. The molecule has 1 aliphatic heterocycles. The van der Waals surface area contributed by atoms with Crippen molar-refractivity contribution in [3.63, 3.8) is 0 Å². The van der Waals surface area contributed by atoms with Crippen LogP contribution in [-0.2, 0) is 4.79 Å². The van der Waals surface area contributed by atoms with Gasteiger partial charge in [0.15, 0.2) is 0 Å². The van der Waals surface area contributed by atoms with Crippen molar-refractivity contribution < 1.29 is 4.79 Å². The summed E-state index contributed by atoms with van der Waals surface area (Å²) >= 11 is 6.36. The molecule has 1 fully saturated rings. The van der Waals surface area contributed by atoms with Gasteiger partial charge in [0.1, 0.15) is 5.38 Å². The predicted octanol–water partition coefficient (Wildman–Crippen LogP) is 3.86. The van der Waals surface area contributed by atoms with Gasteiger partial charge in [-0.25, -0.2) is 0 Å². The fourth-order valence-electron chi connectivity index (χ4n) is 2.92. The fourth-order valence-corrected chi connectivity index (χ4v) is 3.19. The van der Waals surface area contributed by atoms with Crippen LogP contribution in [0.5, 0.6) is 0 Å². The van der Waals surface area contributed by atoms with Crippen molar-refractivity contribution in [2.75, 3.05) is 6.54 Å². The second-order valence-electron chi connectivity index (χ2n) is 5.82. The minimum absolute atomic E-state index is 0.0405. The summed E-state index contributed by atoms with van der Waals surface area (Å²) < 4.78 is 0. The predicted molar refractivity (Wildman–Crippen MR) is 79.2 cm³/mol. The Morgan fingerprint density at radius 1 is 1.26 bits per heavy atom. The van der Waals surface area contributed by atoms with Gasteiger partial charge < -0.3 is 4.90 Å². The van der Waals surface area contributed by atoms with Crippen LogP contribution >= 0.6 is 11.6 Å². The lowest BCUT2D eigenvalue weighted by atomic mass is 9.85. The number of carbonyl (C=O) groups excluding carboxylic acids is 1. The van der Waals surface area contributed by atoms with Gasteiger partial charge in [0.05, 0.1) is 0 Å². The summed E-state index contributed by atoms with van der Waals surface area (Å²) in [6, 6.07) is 9.87. The summed E-state index contributed by atoms with van der Waals surface area (Å²) in [6.07, 6.45) is 1.18. The number of amides is 1. The molecule has 1 aliphatic rings. The molecule has 3 heteroatoms. The minimum atomic E-state index is -0.568. The third-order valence-electron chi connectivity index (χ3n) is 4.19. The van der Waals surface area contributed by atoms with Gasteiger partial charge in [-0.3, -0.25) is 4.79 Å². The normalized spacial score (nSPS) is 29.1. The number of carbonyl (C=O) groups is 1. The first-order valence-electron chi connectivity index (χ1n) is 7.00. The number of alkyl halides is 1. The number of halogens is 1. The molecule has 4 unspecified atom stereocenters. The van der Waals surface area contributed by atoms with Crippen LogP contribution in [0.15, 0.2) is 30.3 Å². The van der Waals surface area contributed by atoms with Crippen LogP contribution in [0.3, 0.4) is 0 Å². The minimum Gasteiger partial charge on any atom is -0.338 e. The van der Waals surface area contributed by atoms with E-state index < -0.39 is 5.38 Å². The molecule has 19 heavy (non-hydrogen) atoms. The summed E-state index contributed by atoms with van der Waals surface area (Å²) in [7, 11) is 0. The summed E-state index contributed by atoms with van der Waals surface area (Å²) in [6.45, 7) is 7.37. The van der Waals surface area contributed by atoms with Crippen molar-refractivity contribution in [2.24, 2.45) is 11.8 Å². The van der Waals surface area contributed by atoms with E-state index in [1.165, 1.54) is 6.42 Å². The highest BCUT2D eigenvalue weighted by Crippen LogP contribution is 2.31. The Morgan fingerprint density at radius 3 is 2.53 bits per heavy atom. The summed E-state index contributed by atoms with van der Waals surface area (Å²) in [4.78, 5) is 14.6. The molecule has 4 atom stereocenters. The average molecular weight is 280 g/mol. The lowest BCUT2D eigenvalue weighted by Crippen LogP contribution is -2.49. The van der Waals surface area contributed by atoms with Crippen molar-refractivity contribution in [1.29, 1.82) is 0 Å². The number of rotatable bonds is 2. The molecule has 0 N–H and O–H groups in total. The van der Waals surface area contributed by atoms with Crippen molar-refractivity contribution in [1.82, 2.24) is 4.90 Å². The van der Waals surface area contributed by atoms with Crippen LogP contribution in [0.2, 0.25) is 0 Å². The monoisotopic (exact) mass is 279 g/mol. The third kappa shape index (κ3) is 3.11. The Morgan fingerprint density at radius 2 is 1.89 bits per heavy atom. The Balaban J connectivity index is 2.14. The van der Waals surface area contributed by atoms with Crippen LogP contribution in [0, 0.1) is 11.8 Å². The summed E-state index contributed by atoms with van der Waals surface area (Å²) in [5.41, 5.74) is 0.882. The number of piperidine rings is 1. The summed E-state index contributed by atoms with van der Waals surface area (Å²) in [5, 5.41) is -0.568. The largest absolute Gasteiger partial charge is 0.338 e. The number of hydrogen-bond donors (Lipinski definition) is 0. The van der Waals surface area contributed by atoms with E-state index in [0.717, 1.165) is 12.1 Å². The van der Waals surface area contributed by atoms with Crippen LogP contribution < -0.4 is 0 Å². The maximum Gasteiger partial charge on any atom is 0.245 e. The van der Waals surface area contributed by atoms with Gasteiger partial charge in [0.2, 0.25) is 5.91 Å². The zero-order valence-electron chi connectivity index (χ0n) is 11.8. The van der Waals surface area contributed by atoms with E-state index in [1.807, 2.05) is 35.2 Å². The topological polar surface area (TPSA) is 20.3 Å². The molecular formula is C16H22ClNO. The van der Waals surface area contributed by atoms with Gasteiger partial charge in [-0.2, -0.15) is 0 Å². The van der Waals surface area contributed by atoms with E-state index >= 15 is 0 Å². The van der Waals surface area contributed by atoms with Crippen LogP contribution in [-0.4, -0.2) is 23.4 Å². The molecule has 0 aliphatic carbocycles. The number of likely N-dealkylation sites (tertiary alicyclic amines) is 1. The Hall–Kier alpha value is -1.02. The van der Waals surface area contributed by atoms with E-state index in [1.54, 1.807) is 0 Å². The number of benzene rings is 1. The summed E-state index contributed by atoms with van der Waals surface area (Å²) in [5.74, 6) is 1.13. The molecule has 2 nitrogen and oxygen atoms in total. The molecule has 1 aromatic rings. The van der Waals surface area contributed by atoms with Crippen LogP contribution in [0.25, 0.3) is 0 Å². The molecule has 0 saturated carbocycles. The highest BCUT2D eigenvalue weighted by molar-refractivity contribution is 6.30. The molecule has 0 bridgehead atoms. The fraction of sp³-hybridized carbons (Fsp3) is 0.562. The number of nitrogens with zero attached hydrogens (tertiary/aromatic N) is 1. The van der Waals surface area contributed by atoms with Gasteiger partial charge in [0.25, 0.3) is 0 Å². The lowest BCUT2D eigenvalue weighted by Gasteiger charge is -2.42. The molecule has 0 spiro atoms. The highest BCUT2D eigenvalue weighted by atomic mass is 35.5. The molecule has 0 radical (unpaired) electrons. The van der Waals surface area contributed by atoms with Crippen molar-refractivity contribution in [3.8, 4) is 0 Å². The second kappa shape index (κ2) is 5.96. The molecule has 104 valence electrons. The Bertz CT molecular complexity index is 434. The molecule has 1 saturated heterocycles. The second-order valence-corrected chi connectivity index (χ2v) is 6.26. The first-order valence-corrected chi connectivity index (χ1v) is 7.43. The number of hydrogen-bond acceptors (Lipinski definition) is 1. The van der Waals surface area contributed by atoms with Gasteiger partial charge in [-0.15, -0.1) is 11.6 Å². The van der Waals surface area contributed by atoms with E-state index in [2.05, 4.69) is 20.8 Å². The van der Waals surface area contributed by atoms with Crippen molar-refractivity contribution in [2.45, 2.75) is 38.6 Å². The smallest absolute Gasteiger partial charge is 0.245 e. The molecule has 0 aromatic heterocycles. The maximum absolute atomic E-state index is 12.6. The zero-order chi connectivity index (χ0) is 14.0. The quantitative estimate of drug-likeness (QED) is 0.753. The van der Waals surface area contributed by atoms with E-state index in [9.17, 15) is 4.79 Å². The first kappa shape index (κ1) is 14.4. The third-order valence-corrected chi connectivity index (χ3v) is 4.63. The standard InChI is InChI=1S/C16H22ClNO/c1-11-9-12(2)13(3)18(10-11)16(19)15(17)14-7-5-4-6-8-14/h4-8,11-13,15H,9-10H2,1-3H3. The molecule has 2 rings (SSSR count). The van der Waals surface area contributed by atoms with E-state index in [4.69, 9.17) is 11.6 Å². The van der Waals surface area contributed by atoms with Crippen molar-refractivity contribution >= 4 is 17.5 Å². The lowest BCUT2D eigenvalue weighted by molar-refractivity contribution is -0.136. The van der Waals surface area contributed by atoms with Gasteiger partial charge in [0, 0.05) is 12.6 Å². The Labute approximate surface area is 120 Å². The van der Waals surface area contributed by atoms with Gasteiger partial charge in [-0.05, 0) is 30.7 Å². The van der Waals surface area contributed by atoms with E-state index in [-0.39, 0.29) is 11.9 Å². The highest BCUT2D eigenvalue weighted by Gasteiger charge is 2.34. The molecule has 1 amide bonds. The molecule has 1 aromatic carbocycles. The van der Waals surface area contributed by atoms with Crippen LogP contribution in [0.4, 0.5) is 0 Å². The SMILES string of the molecule is CC1CC(C)C(C)N(C(=O)C(Cl)c2ccccc2)C1. The molecular weight excluding hydrogens is 258 g/mol.